The van der Waals surface area contributed by atoms with Crippen molar-refractivity contribution >= 4 is 0 Å². The zero-order valence-electron chi connectivity index (χ0n) is 12.8. The van der Waals surface area contributed by atoms with Gasteiger partial charge in [0.15, 0.2) is 0 Å². The number of ether oxygens (including phenoxy) is 1. The van der Waals surface area contributed by atoms with Crippen LogP contribution in [0.2, 0.25) is 0 Å². The van der Waals surface area contributed by atoms with Gasteiger partial charge in [-0.15, -0.1) is 0 Å². The Balaban J connectivity index is 2.51. The summed E-state index contributed by atoms with van der Waals surface area (Å²) in [4.78, 5) is 4.46. The van der Waals surface area contributed by atoms with Gasteiger partial charge in [-0.3, -0.25) is 0 Å². The summed E-state index contributed by atoms with van der Waals surface area (Å²) in [5.41, 5.74) is -0.438. The molecule has 110 valence electrons. The molecule has 1 heterocycles. The van der Waals surface area contributed by atoms with E-state index in [4.69, 9.17) is 9.26 Å². The van der Waals surface area contributed by atoms with Gasteiger partial charge in [0.1, 0.15) is 5.60 Å². The van der Waals surface area contributed by atoms with E-state index in [1.54, 1.807) is 0 Å². The van der Waals surface area contributed by atoms with E-state index in [2.05, 4.69) is 36.2 Å². The maximum atomic E-state index is 5.74. The molecule has 0 aromatic carbocycles. The van der Waals surface area contributed by atoms with Crippen LogP contribution in [0.15, 0.2) is 4.52 Å². The summed E-state index contributed by atoms with van der Waals surface area (Å²) < 4.78 is 11.0. The van der Waals surface area contributed by atoms with Crippen LogP contribution in [-0.4, -0.2) is 29.3 Å². The molecule has 0 amide bonds. The van der Waals surface area contributed by atoms with Gasteiger partial charge in [0.2, 0.25) is 11.7 Å². The fourth-order valence-corrected chi connectivity index (χ4v) is 1.84. The lowest BCUT2D eigenvalue weighted by Gasteiger charge is -2.23. The monoisotopic (exact) mass is 269 g/mol. The van der Waals surface area contributed by atoms with Crippen molar-refractivity contribution in [1.29, 1.82) is 0 Å². The van der Waals surface area contributed by atoms with Crippen LogP contribution in [0.4, 0.5) is 0 Å². The molecular formula is C14H27N3O2. The third-order valence-electron chi connectivity index (χ3n) is 3.20. The molecule has 0 saturated heterocycles. The van der Waals surface area contributed by atoms with Crippen LogP contribution in [0, 0.1) is 0 Å². The molecule has 1 unspecified atom stereocenters. The molecule has 0 fully saturated rings. The first-order valence-corrected chi connectivity index (χ1v) is 7.22. The summed E-state index contributed by atoms with van der Waals surface area (Å²) >= 11 is 0. The first-order chi connectivity index (χ1) is 9.01. The smallest absolute Gasteiger partial charge is 0.226 e. The lowest BCUT2D eigenvalue weighted by atomic mass is 10.0. The van der Waals surface area contributed by atoms with Gasteiger partial charge in [-0.05, 0) is 33.2 Å². The Morgan fingerprint density at radius 2 is 2.11 bits per heavy atom. The van der Waals surface area contributed by atoms with Crippen LogP contribution < -0.4 is 5.32 Å². The number of hydrogen-bond donors (Lipinski definition) is 1. The van der Waals surface area contributed by atoms with Crippen LogP contribution in [0.25, 0.3) is 0 Å². The quantitative estimate of drug-likeness (QED) is 0.698. The van der Waals surface area contributed by atoms with Crippen molar-refractivity contribution in [1.82, 2.24) is 15.5 Å². The van der Waals surface area contributed by atoms with Crippen LogP contribution in [0.5, 0.6) is 0 Å². The maximum absolute atomic E-state index is 5.74. The van der Waals surface area contributed by atoms with Crippen molar-refractivity contribution in [3.8, 4) is 0 Å². The first kappa shape index (κ1) is 16.1. The van der Waals surface area contributed by atoms with Gasteiger partial charge < -0.3 is 14.6 Å². The molecule has 1 N–H and O–H groups in total. The Morgan fingerprint density at radius 3 is 2.68 bits per heavy atom. The molecule has 5 nitrogen and oxygen atoms in total. The van der Waals surface area contributed by atoms with E-state index in [9.17, 15) is 0 Å². The minimum atomic E-state index is -0.438. The second-order valence-electron chi connectivity index (χ2n) is 5.24. The lowest BCUT2D eigenvalue weighted by Crippen LogP contribution is -2.26. The number of nitrogens with zero attached hydrogens (tertiary/aromatic N) is 2. The van der Waals surface area contributed by atoms with E-state index in [1.165, 1.54) is 0 Å². The molecule has 1 rings (SSSR count). The molecule has 0 radical (unpaired) electrons. The van der Waals surface area contributed by atoms with Crippen LogP contribution in [0.1, 0.15) is 59.2 Å². The van der Waals surface area contributed by atoms with Crippen molar-refractivity contribution in [2.75, 3.05) is 13.2 Å². The summed E-state index contributed by atoms with van der Waals surface area (Å²) in [6, 6.07) is 0.514. The molecule has 1 aromatic heterocycles. The largest absolute Gasteiger partial charge is 0.367 e. The molecule has 19 heavy (non-hydrogen) atoms. The normalized spacial score (nSPS) is 14.8. The van der Waals surface area contributed by atoms with Crippen molar-refractivity contribution in [2.45, 2.75) is 65.5 Å². The fourth-order valence-electron chi connectivity index (χ4n) is 1.84. The number of rotatable bonds is 9. The molecule has 0 saturated carbocycles. The predicted octanol–water partition coefficient (Wildman–Crippen LogP) is 2.66. The van der Waals surface area contributed by atoms with Gasteiger partial charge >= 0.3 is 0 Å². The van der Waals surface area contributed by atoms with E-state index in [0.29, 0.717) is 24.4 Å². The Morgan fingerprint density at radius 1 is 1.37 bits per heavy atom. The van der Waals surface area contributed by atoms with E-state index < -0.39 is 5.60 Å². The molecule has 1 aromatic rings. The molecule has 0 aliphatic carbocycles. The van der Waals surface area contributed by atoms with E-state index in [1.807, 2.05) is 13.8 Å². The van der Waals surface area contributed by atoms with Crippen LogP contribution in [0.3, 0.4) is 0 Å². The average Bonchev–Trinajstić information content (AvgIpc) is 2.84. The highest BCUT2D eigenvalue weighted by Crippen LogP contribution is 2.26. The summed E-state index contributed by atoms with van der Waals surface area (Å²) in [5.74, 6) is 1.35. The SMILES string of the molecule is CCOC(C)(CC)c1noc(CCCNC(C)C)n1. The molecule has 5 heteroatoms. The van der Waals surface area contributed by atoms with E-state index in [-0.39, 0.29) is 0 Å². The van der Waals surface area contributed by atoms with Crippen LogP contribution in [-0.2, 0) is 16.8 Å². The van der Waals surface area contributed by atoms with Gasteiger partial charge in [0, 0.05) is 19.1 Å². The summed E-state index contributed by atoms with van der Waals surface area (Å²) in [6.45, 7) is 11.9. The molecule has 1 atom stereocenters. The zero-order chi connectivity index (χ0) is 14.3. The van der Waals surface area contributed by atoms with Gasteiger partial charge in [0.05, 0.1) is 0 Å². The number of hydrogen-bond acceptors (Lipinski definition) is 5. The van der Waals surface area contributed by atoms with Crippen molar-refractivity contribution in [2.24, 2.45) is 0 Å². The third kappa shape index (κ3) is 4.91. The molecule has 0 aliphatic rings. The Labute approximate surface area is 116 Å². The Bertz CT molecular complexity index is 365. The summed E-state index contributed by atoms with van der Waals surface area (Å²) in [5, 5.41) is 7.43. The van der Waals surface area contributed by atoms with E-state index in [0.717, 1.165) is 25.8 Å². The predicted molar refractivity (Wildman–Crippen MR) is 75.0 cm³/mol. The highest BCUT2D eigenvalue weighted by Gasteiger charge is 2.30. The van der Waals surface area contributed by atoms with Crippen molar-refractivity contribution in [3.05, 3.63) is 11.7 Å². The molecular weight excluding hydrogens is 242 g/mol. The van der Waals surface area contributed by atoms with Gasteiger partial charge in [0.25, 0.3) is 0 Å². The average molecular weight is 269 g/mol. The first-order valence-electron chi connectivity index (χ1n) is 7.22. The highest BCUT2D eigenvalue weighted by atomic mass is 16.5. The third-order valence-corrected chi connectivity index (χ3v) is 3.20. The molecule has 0 bridgehead atoms. The van der Waals surface area contributed by atoms with Gasteiger partial charge in [-0.1, -0.05) is 25.9 Å². The second kappa shape index (κ2) is 7.60. The zero-order valence-corrected chi connectivity index (χ0v) is 12.8. The highest BCUT2D eigenvalue weighted by molar-refractivity contribution is 4.99. The van der Waals surface area contributed by atoms with Gasteiger partial charge in [-0.25, -0.2) is 0 Å². The minimum absolute atomic E-state index is 0.438. The maximum Gasteiger partial charge on any atom is 0.226 e. The number of nitrogens with one attached hydrogen (secondary N) is 1. The number of aryl methyl sites for hydroxylation is 1. The lowest BCUT2D eigenvalue weighted by molar-refractivity contribution is -0.0403. The summed E-state index contributed by atoms with van der Waals surface area (Å²) in [7, 11) is 0. The molecule has 0 spiro atoms. The minimum Gasteiger partial charge on any atom is -0.367 e. The van der Waals surface area contributed by atoms with Gasteiger partial charge in [-0.2, -0.15) is 4.98 Å². The molecule has 0 aliphatic heterocycles. The second-order valence-corrected chi connectivity index (χ2v) is 5.24. The number of aromatic nitrogens is 2. The van der Waals surface area contributed by atoms with Crippen molar-refractivity contribution < 1.29 is 9.26 Å². The Kier molecular flexibility index (Phi) is 6.45. The van der Waals surface area contributed by atoms with Crippen LogP contribution >= 0.6 is 0 Å². The fraction of sp³-hybridized carbons (Fsp3) is 0.857. The van der Waals surface area contributed by atoms with E-state index >= 15 is 0 Å². The van der Waals surface area contributed by atoms with Crippen molar-refractivity contribution in [3.63, 3.8) is 0 Å². The Hall–Kier alpha value is -0.940. The topological polar surface area (TPSA) is 60.2 Å². The summed E-state index contributed by atoms with van der Waals surface area (Å²) in [6.07, 6.45) is 2.63. The standard InChI is InChI=1S/C14H27N3O2/c1-6-14(5,18-7-2)13-16-12(19-17-13)9-8-10-15-11(3)4/h11,15H,6-10H2,1-5H3.